The topological polar surface area (TPSA) is 49.3 Å². The van der Waals surface area contributed by atoms with E-state index in [-0.39, 0.29) is 12.2 Å². The van der Waals surface area contributed by atoms with E-state index in [2.05, 4.69) is 59.4 Å². The number of benzene rings is 1. The van der Waals surface area contributed by atoms with Crippen LogP contribution in [0.5, 0.6) is 0 Å². The summed E-state index contributed by atoms with van der Waals surface area (Å²) in [5.41, 5.74) is 1.25. The third kappa shape index (κ3) is 5.84. The number of ether oxygens (including phenoxy) is 2. The molecule has 2 atom stereocenters. The van der Waals surface area contributed by atoms with E-state index in [1.807, 2.05) is 0 Å². The van der Waals surface area contributed by atoms with Crippen molar-refractivity contribution in [1.82, 2.24) is 10.2 Å². The molecule has 2 heterocycles. The molecule has 1 N–H and O–H groups in total. The molecule has 0 aliphatic carbocycles. The van der Waals surface area contributed by atoms with Gasteiger partial charge in [0, 0.05) is 52.1 Å². The zero-order chi connectivity index (χ0) is 18.9. The Hall–Kier alpha value is -1.79. The molecule has 6 nitrogen and oxygen atoms in total. The van der Waals surface area contributed by atoms with Gasteiger partial charge in [0.1, 0.15) is 6.10 Å². The van der Waals surface area contributed by atoms with Gasteiger partial charge in [0.15, 0.2) is 5.96 Å². The lowest BCUT2D eigenvalue weighted by molar-refractivity contribution is -0.0817. The second kappa shape index (κ2) is 10.5. The van der Waals surface area contributed by atoms with Crippen LogP contribution in [0.2, 0.25) is 0 Å². The Labute approximate surface area is 163 Å². The number of anilines is 1. The number of nitrogens with one attached hydrogen (secondary N) is 1. The second-order valence-electron chi connectivity index (χ2n) is 7.25. The van der Waals surface area contributed by atoms with Gasteiger partial charge >= 0.3 is 0 Å². The Morgan fingerprint density at radius 3 is 2.78 bits per heavy atom. The van der Waals surface area contributed by atoms with Gasteiger partial charge in [-0.2, -0.15) is 0 Å². The van der Waals surface area contributed by atoms with Crippen LogP contribution < -0.4 is 10.2 Å². The Morgan fingerprint density at radius 2 is 2.04 bits per heavy atom. The van der Waals surface area contributed by atoms with Crippen molar-refractivity contribution in [2.24, 2.45) is 4.99 Å². The first-order valence-corrected chi connectivity index (χ1v) is 10.3. The van der Waals surface area contributed by atoms with Crippen molar-refractivity contribution in [1.29, 1.82) is 0 Å². The molecule has 2 aliphatic rings. The van der Waals surface area contributed by atoms with Gasteiger partial charge in [-0.25, -0.2) is 0 Å². The monoisotopic (exact) mass is 374 g/mol. The van der Waals surface area contributed by atoms with Gasteiger partial charge in [-0.1, -0.05) is 18.2 Å². The van der Waals surface area contributed by atoms with Crippen LogP contribution in [0.1, 0.15) is 26.2 Å². The fraction of sp³-hybridized carbons (Fsp3) is 0.667. The van der Waals surface area contributed by atoms with E-state index in [0.29, 0.717) is 0 Å². The van der Waals surface area contributed by atoms with Gasteiger partial charge in [-0.15, -0.1) is 0 Å². The molecular formula is C21H34N4O2. The van der Waals surface area contributed by atoms with Crippen LogP contribution in [0.4, 0.5) is 5.69 Å². The number of guanidine groups is 1. The van der Waals surface area contributed by atoms with Crippen LogP contribution in [0, 0.1) is 0 Å². The lowest BCUT2D eigenvalue weighted by Gasteiger charge is -2.37. The molecule has 0 aromatic heterocycles. The highest BCUT2D eigenvalue weighted by Crippen LogP contribution is 2.21. The van der Waals surface area contributed by atoms with Crippen molar-refractivity contribution >= 4 is 11.6 Å². The van der Waals surface area contributed by atoms with E-state index < -0.39 is 0 Å². The van der Waals surface area contributed by atoms with E-state index in [4.69, 9.17) is 14.5 Å². The number of morpholine rings is 1. The first kappa shape index (κ1) is 20.0. The maximum Gasteiger partial charge on any atom is 0.194 e. The fourth-order valence-corrected chi connectivity index (χ4v) is 3.72. The molecule has 1 aromatic carbocycles. The molecule has 6 heteroatoms. The molecule has 2 saturated heterocycles. The number of rotatable bonds is 7. The first-order chi connectivity index (χ1) is 13.3. The second-order valence-corrected chi connectivity index (χ2v) is 7.25. The smallest absolute Gasteiger partial charge is 0.194 e. The molecule has 0 radical (unpaired) electrons. The molecule has 0 spiro atoms. The summed E-state index contributed by atoms with van der Waals surface area (Å²) in [7, 11) is 2.14. The Balaban J connectivity index is 1.49. The van der Waals surface area contributed by atoms with Crippen LogP contribution >= 0.6 is 0 Å². The van der Waals surface area contributed by atoms with Crippen LogP contribution in [0.25, 0.3) is 0 Å². The van der Waals surface area contributed by atoms with E-state index in [1.54, 1.807) is 0 Å². The van der Waals surface area contributed by atoms with Crippen molar-refractivity contribution in [3.63, 3.8) is 0 Å². The molecule has 0 bridgehead atoms. The van der Waals surface area contributed by atoms with Crippen molar-refractivity contribution < 1.29 is 9.47 Å². The summed E-state index contributed by atoms with van der Waals surface area (Å²) >= 11 is 0. The average Bonchev–Trinajstić information content (AvgIpc) is 3.26. The maximum atomic E-state index is 5.97. The summed E-state index contributed by atoms with van der Waals surface area (Å²) in [6.45, 7) is 8.18. The zero-order valence-electron chi connectivity index (χ0n) is 16.8. The number of hydrogen-bond acceptors (Lipinski definition) is 4. The third-order valence-electron chi connectivity index (χ3n) is 5.22. The Kier molecular flexibility index (Phi) is 7.78. The lowest BCUT2D eigenvalue weighted by Crippen LogP contribution is -2.53. The van der Waals surface area contributed by atoms with Crippen molar-refractivity contribution in [2.75, 3.05) is 57.9 Å². The molecule has 0 amide bonds. The first-order valence-electron chi connectivity index (χ1n) is 10.3. The number of aliphatic imine (C=N–C) groups is 1. The predicted octanol–water partition coefficient (Wildman–Crippen LogP) is 2.36. The van der Waals surface area contributed by atoms with Crippen LogP contribution in [0.15, 0.2) is 35.3 Å². The van der Waals surface area contributed by atoms with Crippen LogP contribution in [-0.4, -0.2) is 76.1 Å². The van der Waals surface area contributed by atoms with Crippen molar-refractivity contribution in [3.05, 3.63) is 30.3 Å². The maximum absolute atomic E-state index is 5.97. The summed E-state index contributed by atoms with van der Waals surface area (Å²) in [6.07, 6.45) is 3.69. The van der Waals surface area contributed by atoms with Crippen LogP contribution in [-0.2, 0) is 9.47 Å². The average molecular weight is 375 g/mol. The minimum absolute atomic E-state index is 0.161. The van der Waals surface area contributed by atoms with E-state index in [9.17, 15) is 0 Å². The highest BCUT2D eigenvalue weighted by molar-refractivity contribution is 5.80. The fourth-order valence-electron chi connectivity index (χ4n) is 3.72. The minimum Gasteiger partial charge on any atom is -0.375 e. The number of para-hydroxylation sites is 1. The van der Waals surface area contributed by atoms with Crippen molar-refractivity contribution in [2.45, 2.75) is 38.4 Å². The SMILES string of the molecule is CCNC(=NCCCN(C)c1ccccc1)N1CCOC(C2CCCO2)C1. The third-order valence-corrected chi connectivity index (χ3v) is 5.22. The largest absolute Gasteiger partial charge is 0.375 e. The molecule has 0 saturated carbocycles. The van der Waals surface area contributed by atoms with E-state index >= 15 is 0 Å². The lowest BCUT2D eigenvalue weighted by atomic mass is 10.1. The quantitative estimate of drug-likeness (QED) is 0.451. The zero-order valence-corrected chi connectivity index (χ0v) is 16.8. The van der Waals surface area contributed by atoms with E-state index in [1.165, 1.54) is 5.69 Å². The molecule has 150 valence electrons. The van der Waals surface area contributed by atoms with Gasteiger partial charge in [0.25, 0.3) is 0 Å². The Bertz CT molecular complexity index is 575. The normalized spacial score (nSPS) is 23.5. The predicted molar refractivity (Wildman–Crippen MR) is 111 cm³/mol. The summed E-state index contributed by atoms with van der Waals surface area (Å²) in [5.74, 6) is 1.01. The summed E-state index contributed by atoms with van der Waals surface area (Å²) in [6, 6.07) is 10.5. The highest BCUT2D eigenvalue weighted by atomic mass is 16.5. The molecule has 2 unspecified atom stereocenters. The summed E-state index contributed by atoms with van der Waals surface area (Å²) in [4.78, 5) is 9.49. The van der Waals surface area contributed by atoms with Crippen molar-refractivity contribution in [3.8, 4) is 0 Å². The molecule has 3 rings (SSSR count). The minimum atomic E-state index is 0.161. The highest BCUT2D eigenvalue weighted by Gasteiger charge is 2.32. The molecular weight excluding hydrogens is 340 g/mol. The molecule has 27 heavy (non-hydrogen) atoms. The number of nitrogens with zero attached hydrogens (tertiary/aromatic N) is 3. The number of hydrogen-bond donors (Lipinski definition) is 1. The molecule has 2 aliphatic heterocycles. The standard InChI is InChI=1S/C21H34N4O2/c1-3-22-21(23-12-8-13-24(2)18-9-5-4-6-10-18)25-14-16-27-20(17-25)19-11-7-15-26-19/h4-6,9-10,19-20H,3,7-8,11-17H2,1-2H3,(H,22,23). The van der Waals surface area contributed by atoms with E-state index in [0.717, 1.165) is 71.2 Å². The van der Waals surface area contributed by atoms with Gasteiger partial charge < -0.3 is 24.6 Å². The molecule has 2 fully saturated rings. The summed E-state index contributed by atoms with van der Waals surface area (Å²) < 4.78 is 11.8. The molecule has 1 aromatic rings. The van der Waals surface area contributed by atoms with Gasteiger partial charge in [-0.05, 0) is 38.3 Å². The summed E-state index contributed by atoms with van der Waals surface area (Å²) in [5, 5.41) is 3.45. The van der Waals surface area contributed by atoms with Crippen LogP contribution in [0.3, 0.4) is 0 Å². The Morgan fingerprint density at radius 1 is 1.22 bits per heavy atom. The van der Waals surface area contributed by atoms with Gasteiger partial charge in [0.05, 0.1) is 12.7 Å². The van der Waals surface area contributed by atoms with Gasteiger partial charge in [0.2, 0.25) is 0 Å². The van der Waals surface area contributed by atoms with Gasteiger partial charge in [-0.3, -0.25) is 4.99 Å².